The second-order valence-electron chi connectivity index (χ2n) is 4.57. The van der Waals surface area contributed by atoms with Crippen LogP contribution in [0.2, 0.25) is 0 Å². The largest absolute Gasteiger partial charge is 0.360 e. The molecule has 5 heteroatoms. The average Bonchev–Trinajstić information content (AvgIpc) is 2.51. The van der Waals surface area contributed by atoms with E-state index in [1.807, 2.05) is 31.2 Å². The van der Waals surface area contributed by atoms with Gasteiger partial charge in [0.05, 0.1) is 0 Å². The third-order valence-corrected chi connectivity index (χ3v) is 3.77. The number of benzene rings is 1. The van der Waals surface area contributed by atoms with Crippen molar-refractivity contribution in [1.82, 2.24) is 4.90 Å². The first kappa shape index (κ1) is 17.7. The van der Waals surface area contributed by atoms with E-state index >= 15 is 0 Å². The van der Waals surface area contributed by atoms with Gasteiger partial charge in [-0.05, 0) is 30.7 Å². The van der Waals surface area contributed by atoms with Crippen LogP contribution in [0, 0.1) is 18.3 Å². The van der Waals surface area contributed by atoms with Crippen molar-refractivity contribution in [3.8, 4) is 6.07 Å². The third kappa shape index (κ3) is 4.90. The Morgan fingerprint density at radius 2 is 2.05 bits per heavy atom. The minimum Gasteiger partial charge on any atom is -0.360 e. The summed E-state index contributed by atoms with van der Waals surface area (Å²) >= 11 is 3.42. The Hall–Kier alpha value is -2.32. The fourth-order valence-electron chi connectivity index (χ4n) is 1.75. The highest BCUT2D eigenvalue weighted by Gasteiger charge is 2.15. The number of anilines is 1. The Kier molecular flexibility index (Phi) is 7.14. The zero-order chi connectivity index (χ0) is 16.5. The van der Waals surface area contributed by atoms with Gasteiger partial charge in [-0.2, -0.15) is 5.26 Å². The first-order valence-electron chi connectivity index (χ1n) is 6.67. The van der Waals surface area contributed by atoms with Gasteiger partial charge >= 0.3 is 0 Å². The lowest BCUT2D eigenvalue weighted by Crippen LogP contribution is -2.32. The van der Waals surface area contributed by atoms with Crippen LogP contribution >= 0.6 is 15.9 Å². The molecule has 0 fully saturated rings. The lowest BCUT2D eigenvalue weighted by Gasteiger charge is -2.18. The van der Waals surface area contributed by atoms with Crippen molar-refractivity contribution in [2.24, 2.45) is 0 Å². The predicted molar refractivity (Wildman–Crippen MR) is 93.2 cm³/mol. The number of aryl methyl sites for hydroxylation is 1. The normalized spacial score (nSPS) is 10.5. The van der Waals surface area contributed by atoms with Gasteiger partial charge in [0.25, 0.3) is 5.91 Å². The molecule has 0 spiro atoms. The molecule has 1 amide bonds. The summed E-state index contributed by atoms with van der Waals surface area (Å²) in [5.74, 6) is -0.358. The van der Waals surface area contributed by atoms with E-state index in [1.54, 1.807) is 12.2 Å². The van der Waals surface area contributed by atoms with Crippen molar-refractivity contribution in [3.05, 3.63) is 65.3 Å². The van der Waals surface area contributed by atoms with Crippen LogP contribution < -0.4 is 5.32 Å². The van der Waals surface area contributed by atoms with E-state index in [9.17, 15) is 10.1 Å². The first-order valence-corrected chi connectivity index (χ1v) is 7.46. The number of hydrogen-bond acceptors (Lipinski definition) is 3. The number of rotatable bonds is 7. The smallest absolute Gasteiger partial charge is 0.266 e. The molecule has 0 aliphatic carbocycles. The lowest BCUT2D eigenvalue weighted by molar-refractivity contribution is -0.125. The molecule has 0 aliphatic rings. The van der Waals surface area contributed by atoms with Gasteiger partial charge < -0.3 is 10.2 Å². The van der Waals surface area contributed by atoms with Gasteiger partial charge in [0, 0.05) is 29.4 Å². The lowest BCUT2D eigenvalue weighted by atomic mass is 10.2. The van der Waals surface area contributed by atoms with Crippen molar-refractivity contribution < 1.29 is 4.79 Å². The summed E-state index contributed by atoms with van der Waals surface area (Å²) in [4.78, 5) is 13.8. The summed E-state index contributed by atoms with van der Waals surface area (Å²) in [7, 11) is 0. The Morgan fingerprint density at radius 1 is 1.41 bits per heavy atom. The molecule has 0 unspecified atom stereocenters. The zero-order valence-electron chi connectivity index (χ0n) is 12.5. The van der Waals surface area contributed by atoms with E-state index in [0.717, 1.165) is 15.7 Å². The maximum atomic E-state index is 12.3. The molecule has 4 nitrogen and oxygen atoms in total. The molecule has 0 atom stereocenters. The molecule has 0 saturated carbocycles. The predicted octanol–water partition coefficient (Wildman–Crippen LogP) is 3.78. The molecular formula is C17H18BrN3O. The highest BCUT2D eigenvalue weighted by atomic mass is 79.9. The number of hydrogen-bond donors (Lipinski definition) is 1. The van der Waals surface area contributed by atoms with E-state index in [0.29, 0.717) is 13.1 Å². The van der Waals surface area contributed by atoms with Crippen LogP contribution in [0.25, 0.3) is 0 Å². The molecule has 22 heavy (non-hydrogen) atoms. The third-order valence-electron chi connectivity index (χ3n) is 2.88. The van der Waals surface area contributed by atoms with Crippen molar-refractivity contribution in [2.45, 2.75) is 6.92 Å². The topological polar surface area (TPSA) is 56.1 Å². The van der Waals surface area contributed by atoms with Crippen LogP contribution in [0.3, 0.4) is 0 Å². The number of nitriles is 1. The van der Waals surface area contributed by atoms with Crippen molar-refractivity contribution >= 4 is 27.5 Å². The standard InChI is InChI=1S/C17H18BrN3O/c1-4-8-21(9-5-2)17(22)14(11-19)12-20-15-6-7-16(18)13(3)10-15/h4-7,10,12,20H,1-2,8-9H2,3H3/b14-12-. The number of amides is 1. The van der Waals surface area contributed by atoms with Gasteiger partial charge in [-0.25, -0.2) is 0 Å². The van der Waals surface area contributed by atoms with E-state index in [-0.39, 0.29) is 11.5 Å². The monoisotopic (exact) mass is 359 g/mol. The number of nitrogens with one attached hydrogen (secondary N) is 1. The Labute approximate surface area is 139 Å². The maximum Gasteiger partial charge on any atom is 0.266 e. The van der Waals surface area contributed by atoms with Gasteiger partial charge in [-0.3, -0.25) is 4.79 Å². The quantitative estimate of drug-likeness (QED) is 0.457. The van der Waals surface area contributed by atoms with Gasteiger partial charge in [0.15, 0.2) is 0 Å². The number of nitrogens with zero attached hydrogens (tertiary/aromatic N) is 2. The molecule has 1 aromatic rings. The minimum atomic E-state index is -0.358. The first-order chi connectivity index (χ1) is 10.5. The van der Waals surface area contributed by atoms with Crippen LogP contribution in [0.4, 0.5) is 5.69 Å². The molecule has 0 heterocycles. The van der Waals surface area contributed by atoms with E-state index in [4.69, 9.17) is 0 Å². The van der Waals surface area contributed by atoms with Gasteiger partial charge in [0.1, 0.15) is 11.6 Å². The molecule has 1 rings (SSSR count). The SMILES string of the molecule is C=CCN(CC=C)C(=O)/C(C#N)=C\Nc1ccc(Br)c(C)c1. The maximum absolute atomic E-state index is 12.3. The highest BCUT2D eigenvalue weighted by Crippen LogP contribution is 2.20. The van der Waals surface area contributed by atoms with Crippen molar-refractivity contribution in [3.63, 3.8) is 0 Å². The fraction of sp³-hybridized carbons (Fsp3) is 0.176. The molecule has 0 bridgehead atoms. The summed E-state index contributed by atoms with van der Waals surface area (Å²) in [6, 6.07) is 7.61. The second kappa shape index (κ2) is 8.85. The van der Waals surface area contributed by atoms with Crippen LogP contribution in [-0.4, -0.2) is 23.9 Å². The summed E-state index contributed by atoms with van der Waals surface area (Å²) in [5.41, 5.74) is 1.90. The van der Waals surface area contributed by atoms with E-state index < -0.39 is 0 Å². The van der Waals surface area contributed by atoms with Crippen molar-refractivity contribution in [2.75, 3.05) is 18.4 Å². The van der Waals surface area contributed by atoms with E-state index in [1.165, 1.54) is 11.1 Å². The van der Waals surface area contributed by atoms with Crippen molar-refractivity contribution in [1.29, 1.82) is 5.26 Å². The minimum absolute atomic E-state index is 0.0317. The second-order valence-corrected chi connectivity index (χ2v) is 5.42. The summed E-state index contributed by atoms with van der Waals surface area (Å²) < 4.78 is 1.00. The molecular weight excluding hydrogens is 342 g/mol. The Morgan fingerprint density at radius 3 is 2.55 bits per heavy atom. The average molecular weight is 360 g/mol. The molecule has 114 valence electrons. The van der Waals surface area contributed by atoms with Crippen LogP contribution in [0.1, 0.15) is 5.56 Å². The molecule has 0 radical (unpaired) electrons. The fourth-order valence-corrected chi connectivity index (χ4v) is 2.00. The zero-order valence-corrected chi connectivity index (χ0v) is 14.1. The summed E-state index contributed by atoms with van der Waals surface area (Å²) in [5, 5.41) is 12.2. The summed E-state index contributed by atoms with van der Waals surface area (Å²) in [6.45, 7) is 9.91. The van der Waals surface area contributed by atoms with Gasteiger partial charge in [-0.1, -0.05) is 28.1 Å². The molecule has 0 saturated heterocycles. The van der Waals surface area contributed by atoms with Crippen LogP contribution in [0.5, 0.6) is 0 Å². The number of halogens is 1. The Balaban J connectivity index is 2.91. The van der Waals surface area contributed by atoms with Crippen LogP contribution in [0.15, 0.2) is 59.8 Å². The van der Waals surface area contributed by atoms with Gasteiger partial charge in [-0.15, -0.1) is 13.2 Å². The Bertz CT molecular complexity index is 634. The van der Waals surface area contributed by atoms with Gasteiger partial charge in [0.2, 0.25) is 0 Å². The molecule has 0 aliphatic heterocycles. The summed E-state index contributed by atoms with van der Waals surface area (Å²) in [6.07, 6.45) is 4.65. The molecule has 1 N–H and O–H groups in total. The molecule has 0 aromatic heterocycles. The molecule has 1 aromatic carbocycles. The van der Waals surface area contributed by atoms with Crippen LogP contribution in [-0.2, 0) is 4.79 Å². The number of carbonyl (C=O) groups excluding carboxylic acids is 1. The van der Waals surface area contributed by atoms with E-state index in [2.05, 4.69) is 34.4 Å². The highest BCUT2D eigenvalue weighted by molar-refractivity contribution is 9.10. The number of carbonyl (C=O) groups is 1.